The molecule has 2 aromatic rings. The van der Waals surface area contributed by atoms with Crippen LogP contribution < -0.4 is 11.2 Å². The van der Waals surface area contributed by atoms with Crippen molar-refractivity contribution >= 4 is 38.9 Å². The first kappa shape index (κ1) is 13.6. The minimum atomic E-state index is -0.480. The van der Waals surface area contributed by atoms with Gasteiger partial charge in [0.2, 0.25) is 0 Å². The molecule has 1 N–H and O–H groups in total. The molecule has 4 nitrogen and oxygen atoms in total. The van der Waals surface area contributed by atoms with Gasteiger partial charge in [0.25, 0.3) is 5.56 Å². The van der Waals surface area contributed by atoms with Gasteiger partial charge in [-0.3, -0.25) is 14.3 Å². The molecule has 0 atom stereocenters. The lowest BCUT2D eigenvalue weighted by atomic mass is 10.2. The van der Waals surface area contributed by atoms with Crippen LogP contribution in [-0.2, 0) is 13.0 Å². The minimum absolute atomic E-state index is 0.135. The van der Waals surface area contributed by atoms with E-state index in [0.717, 1.165) is 8.66 Å². The van der Waals surface area contributed by atoms with E-state index in [-0.39, 0.29) is 17.3 Å². The van der Waals surface area contributed by atoms with Gasteiger partial charge in [0.05, 0.1) is 15.9 Å². The van der Waals surface area contributed by atoms with Crippen molar-refractivity contribution in [1.29, 1.82) is 0 Å². The van der Waals surface area contributed by atoms with Crippen LogP contribution in [0.25, 0.3) is 0 Å². The van der Waals surface area contributed by atoms with Crippen LogP contribution in [0.5, 0.6) is 0 Å². The number of H-pyrrole nitrogens is 1. The normalized spacial score (nSPS) is 10.8. The van der Waals surface area contributed by atoms with Crippen LogP contribution in [0, 0.1) is 0 Å². The van der Waals surface area contributed by atoms with Crippen molar-refractivity contribution in [2.24, 2.45) is 0 Å². The highest BCUT2D eigenvalue weighted by Gasteiger charge is 2.12. The van der Waals surface area contributed by atoms with E-state index in [1.165, 1.54) is 15.9 Å². The van der Waals surface area contributed by atoms with Crippen molar-refractivity contribution in [2.75, 3.05) is 0 Å². The third-order valence-electron chi connectivity index (χ3n) is 2.53. The Hall–Kier alpha value is -0.850. The second kappa shape index (κ2) is 5.42. The molecule has 0 radical (unpaired) electrons. The number of rotatable bonds is 3. The first-order valence-corrected chi connectivity index (χ1v) is 7.27. The maximum absolute atomic E-state index is 12.1. The fraction of sp³-hybridized carbons (Fsp3) is 0.273. The molecule has 0 saturated heterocycles. The number of nitrogens with one attached hydrogen (secondary N) is 1. The maximum atomic E-state index is 12.1. The molecule has 2 heterocycles. The molecule has 0 bridgehead atoms. The van der Waals surface area contributed by atoms with Crippen LogP contribution in [0.1, 0.15) is 17.4 Å². The highest BCUT2D eigenvalue weighted by Crippen LogP contribution is 2.22. The van der Waals surface area contributed by atoms with E-state index in [4.69, 9.17) is 11.6 Å². The van der Waals surface area contributed by atoms with Gasteiger partial charge in [-0.05, 0) is 34.5 Å². The first-order chi connectivity index (χ1) is 8.52. The lowest BCUT2D eigenvalue weighted by molar-refractivity contribution is 0.693. The van der Waals surface area contributed by atoms with Crippen LogP contribution in [0.15, 0.2) is 25.5 Å². The van der Waals surface area contributed by atoms with Gasteiger partial charge in [-0.15, -0.1) is 11.3 Å². The Kier molecular flexibility index (Phi) is 4.09. The molecule has 18 heavy (non-hydrogen) atoms. The van der Waals surface area contributed by atoms with Gasteiger partial charge >= 0.3 is 5.69 Å². The molecule has 0 aliphatic rings. The van der Waals surface area contributed by atoms with Crippen molar-refractivity contribution in [3.63, 3.8) is 0 Å². The van der Waals surface area contributed by atoms with Gasteiger partial charge in [0.1, 0.15) is 5.15 Å². The number of aromatic nitrogens is 2. The minimum Gasteiger partial charge on any atom is -0.297 e. The van der Waals surface area contributed by atoms with Crippen molar-refractivity contribution in [3.05, 3.63) is 52.4 Å². The monoisotopic (exact) mass is 348 g/mol. The van der Waals surface area contributed by atoms with Crippen LogP contribution in [0.3, 0.4) is 0 Å². The van der Waals surface area contributed by atoms with Crippen LogP contribution >= 0.6 is 38.9 Å². The van der Waals surface area contributed by atoms with E-state index in [1.807, 2.05) is 19.1 Å². The Morgan fingerprint density at radius 1 is 1.44 bits per heavy atom. The van der Waals surface area contributed by atoms with Crippen LogP contribution in [-0.4, -0.2) is 9.55 Å². The predicted octanol–water partition coefficient (Wildman–Crippen LogP) is 2.62. The van der Waals surface area contributed by atoms with E-state index >= 15 is 0 Å². The summed E-state index contributed by atoms with van der Waals surface area (Å²) >= 11 is 10.7. The summed E-state index contributed by atoms with van der Waals surface area (Å²) in [5.74, 6) is 0. The van der Waals surface area contributed by atoms with Gasteiger partial charge < -0.3 is 0 Å². The molecule has 2 rings (SSSR count). The van der Waals surface area contributed by atoms with Gasteiger partial charge in [-0.2, -0.15) is 0 Å². The highest BCUT2D eigenvalue weighted by atomic mass is 79.9. The van der Waals surface area contributed by atoms with Crippen molar-refractivity contribution in [1.82, 2.24) is 9.55 Å². The summed E-state index contributed by atoms with van der Waals surface area (Å²) in [6, 6.07) is 3.76. The topological polar surface area (TPSA) is 54.9 Å². The highest BCUT2D eigenvalue weighted by molar-refractivity contribution is 9.11. The fourth-order valence-corrected chi connectivity index (χ4v) is 3.40. The molecular weight excluding hydrogens is 340 g/mol. The molecule has 7 heteroatoms. The SMILES string of the molecule is CCc1c(Cl)[nH]c(=O)n(Cc2ccc(Br)s2)c1=O. The Morgan fingerprint density at radius 2 is 2.17 bits per heavy atom. The molecule has 0 fully saturated rings. The Balaban J connectivity index is 2.51. The van der Waals surface area contributed by atoms with E-state index in [2.05, 4.69) is 20.9 Å². The summed E-state index contributed by atoms with van der Waals surface area (Å²) in [4.78, 5) is 27.3. The first-order valence-electron chi connectivity index (χ1n) is 5.28. The molecule has 0 unspecified atom stereocenters. The smallest absolute Gasteiger partial charge is 0.297 e. The molecule has 0 saturated carbocycles. The van der Waals surface area contributed by atoms with E-state index < -0.39 is 5.69 Å². The fourth-order valence-electron chi connectivity index (χ4n) is 1.63. The second-order valence-corrected chi connectivity index (χ2v) is 6.60. The summed E-state index contributed by atoms with van der Waals surface area (Å²) in [5.41, 5.74) is -0.366. The van der Waals surface area contributed by atoms with Gasteiger partial charge in [-0.1, -0.05) is 18.5 Å². The number of halogens is 2. The molecular formula is C11H10BrClN2O2S. The molecule has 0 amide bonds. The zero-order valence-electron chi connectivity index (χ0n) is 9.50. The van der Waals surface area contributed by atoms with Gasteiger partial charge in [-0.25, -0.2) is 4.79 Å². The Bertz CT molecular complexity index is 689. The van der Waals surface area contributed by atoms with Crippen LogP contribution in [0.2, 0.25) is 5.15 Å². The molecule has 0 aliphatic carbocycles. The van der Waals surface area contributed by atoms with Crippen molar-refractivity contribution < 1.29 is 0 Å². The van der Waals surface area contributed by atoms with E-state index in [1.54, 1.807) is 0 Å². The lowest BCUT2D eigenvalue weighted by Gasteiger charge is -2.06. The molecule has 0 aromatic carbocycles. The Morgan fingerprint density at radius 3 is 2.72 bits per heavy atom. The third kappa shape index (κ3) is 2.60. The predicted molar refractivity (Wildman–Crippen MR) is 76.8 cm³/mol. The van der Waals surface area contributed by atoms with Crippen molar-refractivity contribution in [3.8, 4) is 0 Å². The average molecular weight is 350 g/mol. The lowest BCUT2D eigenvalue weighted by Crippen LogP contribution is -2.37. The number of thiophene rings is 1. The zero-order valence-corrected chi connectivity index (χ0v) is 12.7. The molecule has 0 aliphatic heterocycles. The largest absolute Gasteiger partial charge is 0.329 e. The Labute approximate surface area is 120 Å². The van der Waals surface area contributed by atoms with Gasteiger partial charge in [0, 0.05) is 4.88 Å². The number of hydrogen-bond acceptors (Lipinski definition) is 3. The molecule has 0 spiro atoms. The van der Waals surface area contributed by atoms with E-state index in [9.17, 15) is 9.59 Å². The summed E-state index contributed by atoms with van der Waals surface area (Å²) in [6.07, 6.45) is 0.489. The summed E-state index contributed by atoms with van der Waals surface area (Å²) in [6.45, 7) is 2.08. The molecule has 2 aromatic heterocycles. The second-order valence-electron chi connectivity index (χ2n) is 3.67. The quantitative estimate of drug-likeness (QED) is 0.866. The number of hydrogen-bond donors (Lipinski definition) is 1. The van der Waals surface area contributed by atoms with Crippen molar-refractivity contribution in [2.45, 2.75) is 19.9 Å². The summed E-state index contributed by atoms with van der Waals surface area (Å²) < 4.78 is 2.13. The average Bonchev–Trinajstić information content (AvgIpc) is 2.70. The summed E-state index contributed by atoms with van der Waals surface area (Å²) in [7, 11) is 0. The van der Waals surface area contributed by atoms with Crippen LogP contribution in [0.4, 0.5) is 0 Å². The zero-order chi connectivity index (χ0) is 13.3. The summed E-state index contributed by atoms with van der Waals surface area (Å²) in [5, 5.41) is 0.135. The van der Waals surface area contributed by atoms with E-state index in [0.29, 0.717) is 12.0 Å². The number of aromatic amines is 1. The van der Waals surface area contributed by atoms with Gasteiger partial charge in [0.15, 0.2) is 0 Å². The molecule has 96 valence electrons. The maximum Gasteiger partial charge on any atom is 0.329 e. The third-order valence-corrected chi connectivity index (χ3v) is 4.46. The standard InChI is InChI=1S/C11H10BrClN2O2S/c1-2-7-9(13)14-11(17)15(10(7)16)5-6-3-4-8(12)18-6/h3-4H,2,5H2,1H3,(H,14,17). The number of nitrogens with zero attached hydrogens (tertiary/aromatic N) is 1.